The zero-order valence-corrected chi connectivity index (χ0v) is 14.7. The van der Waals surface area contributed by atoms with Crippen molar-refractivity contribution in [2.75, 3.05) is 18.5 Å². The standard InChI is InChI=1S/C17H23BrN2O/c1-5-19-12(2)16-10-15(18)6-7-17(16)20(4)11-14-8-9-21-13(14)3/h6-10,12,19H,5,11H2,1-4H3. The van der Waals surface area contributed by atoms with Gasteiger partial charge in [-0.15, -0.1) is 0 Å². The van der Waals surface area contributed by atoms with E-state index in [4.69, 9.17) is 4.42 Å². The minimum Gasteiger partial charge on any atom is -0.469 e. The van der Waals surface area contributed by atoms with Crippen molar-refractivity contribution >= 4 is 21.6 Å². The number of hydrogen-bond acceptors (Lipinski definition) is 3. The Balaban J connectivity index is 2.27. The smallest absolute Gasteiger partial charge is 0.105 e. The van der Waals surface area contributed by atoms with E-state index in [1.165, 1.54) is 16.8 Å². The third-order valence-corrected chi connectivity index (χ3v) is 4.24. The van der Waals surface area contributed by atoms with Crippen LogP contribution in [-0.4, -0.2) is 13.6 Å². The number of rotatable bonds is 6. The Labute approximate surface area is 135 Å². The molecule has 1 atom stereocenters. The van der Waals surface area contributed by atoms with Crippen molar-refractivity contribution < 1.29 is 4.42 Å². The van der Waals surface area contributed by atoms with Crippen molar-refractivity contribution in [3.8, 4) is 0 Å². The second-order valence-electron chi connectivity index (χ2n) is 5.34. The Morgan fingerprint density at radius 2 is 2.10 bits per heavy atom. The topological polar surface area (TPSA) is 28.4 Å². The second-order valence-corrected chi connectivity index (χ2v) is 6.26. The monoisotopic (exact) mass is 350 g/mol. The van der Waals surface area contributed by atoms with Crippen LogP contribution in [-0.2, 0) is 6.54 Å². The van der Waals surface area contributed by atoms with Crippen molar-refractivity contribution in [2.24, 2.45) is 0 Å². The molecule has 1 heterocycles. The summed E-state index contributed by atoms with van der Waals surface area (Å²) in [5, 5.41) is 3.49. The summed E-state index contributed by atoms with van der Waals surface area (Å²) in [5.74, 6) is 0.986. The van der Waals surface area contributed by atoms with Gasteiger partial charge in [-0.2, -0.15) is 0 Å². The first-order chi connectivity index (χ1) is 10.0. The zero-order chi connectivity index (χ0) is 15.4. The van der Waals surface area contributed by atoms with Gasteiger partial charge < -0.3 is 14.6 Å². The second kappa shape index (κ2) is 7.14. The van der Waals surface area contributed by atoms with E-state index in [-0.39, 0.29) is 0 Å². The van der Waals surface area contributed by atoms with Crippen molar-refractivity contribution in [2.45, 2.75) is 33.4 Å². The largest absolute Gasteiger partial charge is 0.469 e. The molecule has 0 radical (unpaired) electrons. The molecule has 0 fully saturated rings. The average molecular weight is 351 g/mol. The maximum absolute atomic E-state index is 5.39. The summed E-state index contributed by atoms with van der Waals surface area (Å²) in [6.07, 6.45) is 1.75. The van der Waals surface area contributed by atoms with E-state index < -0.39 is 0 Å². The van der Waals surface area contributed by atoms with Gasteiger partial charge in [0.2, 0.25) is 0 Å². The molecule has 4 heteroatoms. The van der Waals surface area contributed by atoms with E-state index in [1.807, 2.05) is 13.0 Å². The molecule has 0 aliphatic carbocycles. The fourth-order valence-corrected chi connectivity index (χ4v) is 2.93. The van der Waals surface area contributed by atoms with Gasteiger partial charge in [0.05, 0.1) is 6.26 Å². The molecule has 2 aromatic rings. The number of benzene rings is 1. The molecule has 1 aromatic heterocycles. The Hall–Kier alpha value is -1.26. The van der Waals surface area contributed by atoms with Gasteiger partial charge in [0.1, 0.15) is 5.76 Å². The minimum atomic E-state index is 0.315. The van der Waals surface area contributed by atoms with Crippen LogP contribution < -0.4 is 10.2 Å². The van der Waals surface area contributed by atoms with E-state index in [9.17, 15) is 0 Å². The van der Waals surface area contributed by atoms with E-state index >= 15 is 0 Å². The van der Waals surface area contributed by atoms with Gasteiger partial charge in [-0.3, -0.25) is 0 Å². The molecular formula is C17H23BrN2O. The van der Waals surface area contributed by atoms with Gasteiger partial charge in [0, 0.05) is 35.4 Å². The summed E-state index contributed by atoms with van der Waals surface area (Å²) in [7, 11) is 2.12. The maximum atomic E-state index is 5.39. The summed E-state index contributed by atoms with van der Waals surface area (Å²) in [6, 6.07) is 8.81. The van der Waals surface area contributed by atoms with Gasteiger partial charge in [-0.05, 0) is 50.2 Å². The van der Waals surface area contributed by atoms with Crippen LogP contribution in [0.5, 0.6) is 0 Å². The third kappa shape index (κ3) is 3.89. The molecule has 21 heavy (non-hydrogen) atoms. The van der Waals surface area contributed by atoms with Crippen LogP contribution >= 0.6 is 15.9 Å². The predicted molar refractivity (Wildman–Crippen MR) is 91.8 cm³/mol. The lowest BCUT2D eigenvalue weighted by Crippen LogP contribution is -2.23. The van der Waals surface area contributed by atoms with Crippen LogP contribution in [0, 0.1) is 6.92 Å². The van der Waals surface area contributed by atoms with E-state index in [0.29, 0.717) is 6.04 Å². The number of furan rings is 1. The van der Waals surface area contributed by atoms with Crippen molar-refractivity contribution in [1.82, 2.24) is 5.32 Å². The zero-order valence-electron chi connectivity index (χ0n) is 13.1. The molecule has 0 aliphatic heterocycles. The Morgan fingerprint density at radius 1 is 1.33 bits per heavy atom. The molecule has 3 nitrogen and oxygen atoms in total. The number of hydrogen-bond donors (Lipinski definition) is 1. The third-order valence-electron chi connectivity index (χ3n) is 3.75. The van der Waals surface area contributed by atoms with Crippen LogP contribution in [0.3, 0.4) is 0 Å². The summed E-state index contributed by atoms with van der Waals surface area (Å²) in [4.78, 5) is 2.27. The molecule has 0 spiro atoms. The lowest BCUT2D eigenvalue weighted by Gasteiger charge is -2.25. The highest BCUT2D eigenvalue weighted by atomic mass is 79.9. The quantitative estimate of drug-likeness (QED) is 0.821. The summed E-state index contributed by atoms with van der Waals surface area (Å²) in [5.41, 5.74) is 3.77. The number of aryl methyl sites for hydroxylation is 1. The lowest BCUT2D eigenvalue weighted by molar-refractivity contribution is 0.529. The number of nitrogens with zero attached hydrogens (tertiary/aromatic N) is 1. The van der Waals surface area contributed by atoms with Crippen LogP contribution in [0.15, 0.2) is 39.4 Å². The maximum Gasteiger partial charge on any atom is 0.105 e. The van der Waals surface area contributed by atoms with Gasteiger partial charge >= 0.3 is 0 Å². The van der Waals surface area contributed by atoms with E-state index in [2.05, 4.69) is 65.2 Å². The average Bonchev–Trinajstić information content (AvgIpc) is 2.84. The molecule has 2 rings (SSSR count). The predicted octanol–water partition coefficient (Wildman–Crippen LogP) is 4.66. The fourth-order valence-electron chi connectivity index (χ4n) is 2.55. The minimum absolute atomic E-state index is 0.315. The number of anilines is 1. The molecule has 0 bridgehead atoms. The van der Waals surface area contributed by atoms with Gasteiger partial charge in [0.25, 0.3) is 0 Å². The molecule has 1 unspecified atom stereocenters. The SMILES string of the molecule is CCNC(C)c1cc(Br)ccc1N(C)Cc1ccoc1C. The van der Waals surface area contributed by atoms with Gasteiger partial charge in [-0.25, -0.2) is 0 Å². The van der Waals surface area contributed by atoms with Crippen LogP contribution in [0.2, 0.25) is 0 Å². The molecular weight excluding hydrogens is 328 g/mol. The first kappa shape index (κ1) is 16.1. The normalized spacial score (nSPS) is 12.4. The number of halogens is 1. The van der Waals surface area contributed by atoms with Gasteiger partial charge in [0.15, 0.2) is 0 Å². The van der Waals surface area contributed by atoms with Crippen molar-refractivity contribution in [1.29, 1.82) is 0 Å². The number of nitrogens with one attached hydrogen (secondary N) is 1. The molecule has 114 valence electrons. The summed E-state index contributed by atoms with van der Waals surface area (Å²) in [6.45, 7) is 8.14. The summed E-state index contributed by atoms with van der Waals surface area (Å²) < 4.78 is 6.50. The van der Waals surface area contributed by atoms with Crippen molar-refractivity contribution in [3.63, 3.8) is 0 Å². The van der Waals surface area contributed by atoms with Crippen LogP contribution in [0.4, 0.5) is 5.69 Å². The van der Waals surface area contributed by atoms with E-state index in [1.54, 1.807) is 6.26 Å². The van der Waals surface area contributed by atoms with Gasteiger partial charge in [-0.1, -0.05) is 22.9 Å². The first-order valence-electron chi connectivity index (χ1n) is 7.29. The van der Waals surface area contributed by atoms with Crippen molar-refractivity contribution in [3.05, 3.63) is 51.9 Å². The Morgan fingerprint density at radius 3 is 2.71 bits per heavy atom. The van der Waals surface area contributed by atoms with Crippen LogP contribution in [0.25, 0.3) is 0 Å². The molecule has 1 N–H and O–H groups in total. The first-order valence-corrected chi connectivity index (χ1v) is 8.09. The molecule has 1 aromatic carbocycles. The highest BCUT2D eigenvalue weighted by Crippen LogP contribution is 2.30. The molecule has 0 saturated carbocycles. The Bertz CT molecular complexity index is 594. The lowest BCUT2D eigenvalue weighted by atomic mass is 10.0. The Kier molecular flexibility index (Phi) is 5.48. The molecule has 0 saturated heterocycles. The fraction of sp³-hybridized carbons (Fsp3) is 0.412. The van der Waals surface area contributed by atoms with E-state index in [0.717, 1.165) is 23.3 Å². The molecule has 0 amide bonds. The summed E-state index contributed by atoms with van der Waals surface area (Å²) >= 11 is 3.58. The highest BCUT2D eigenvalue weighted by Gasteiger charge is 2.15. The molecule has 0 aliphatic rings. The highest BCUT2D eigenvalue weighted by molar-refractivity contribution is 9.10. The van der Waals surface area contributed by atoms with Crippen LogP contribution in [0.1, 0.15) is 36.8 Å².